The van der Waals surface area contributed by atoms with Crippen LogP contribution < -0.4 is 14.5 Å². The van der Waals surface area contributed by atoms with Gasteiger partial charge in [0, 0.05) is 43.7 Å². The van der Waals surface area contributed by atoms with Crippen molar-refractivity contribution in [1.29, 1.82) is 0 Å². The summed E-state index contributed by atoms with van der Waals surface area (Å²) in [5, 5.41) is 10.00. The minimum Gasteiger partial charge on any atom is -0.506 e. The number of aromatic nitrogens is 1. The van der Waals surface area contributed by atoms with Gasteiger partial charge in [-0.15, -0.1) is 0 Å². The first-order valence-corrected chi connectivity index (χ1v) is 10.8. The number of phenolic OH excluding ortho intramolecular Hbond substituents is 1. The number of hydrogen-bond donors (Lipinski definition) is 1. The van der Waals surface area contributed by atoms with Crippen LogP contribution in [-0.4, -0.2) is 35.1 Å². The Morgan fingerprint density at radius 1 is 1.03 bits per heavy atom. The van der Waals surface area contributed by atoms with Gasteiger partial charge < -0.3 is 19.6 Å². The summed E-state index contributed by atoms with van der Waals surface area (Å²) < 4.78 is 5.92. The number of rotatable bonds is 4. The number of carbonyl (C=O) groups is 1. The highest BCUT2D eigenvalue weighted by Gasteiger charge is 2.36. The van der Waals surface area contributed by atoms with E-state index >= 15 is 0 Å². The first-order chi connectivity index (χ1) is 15.0. The second kappa shape index (κ2) is 7.94. The predicted molar refractivity (Wildman–Crippen MR) is 121 cm³/mol. The highest BCUT2D eigenvalue weighted by Crippen LogP contribution is 2.41. The summed E-state index contributed by atoms with van der Waals surface area (Å²) in [5.41, 5.74) is 2.27. The lowest BCUT2D eigenvalue weighted by Crippen LogP contribution is -2.45. The topological polar surface area (TPSA) is 65.9 Å². The molecule has 2 aromatic carbocycles. The summed E-state index contributed by atoms with van der Waals surface area (Å²) in [6, 6.07) is 12.9. The molecule has 0 radical (unpaired) electrons. The number of phenols is 1. The lowest BCUT2D eigenvalue weighted by molar-refractivity contribution is 0.0984. The van der Waals surface area contributed by atoms with Crippen molar-refractivity contribution in [3.8, 4) is 17.2 Å². The highest BCUT2D eigenvalue weighted by molar-refractivity contribution is 6.35. The van der Waals surface area contributed by atoms with Crippen LogP contribution in [0, 0.1) is 0 Å². The summed E-state index contributed by atoms with van der Waals surface area (Å²) in [5.74, 6) is 0.205. The van der Waals surface area contributed by atoms with Gasteiger partial charge in [0.25, 0.3) is 5.91 Å². The number of para-hydroxylation sites is 2. The summed E-state index contributed by atoms with van der Waals surface area (Å²) in [7, 11) is 0. The molecule has 5 rings (SSSR count). The van der Waals surface area contributed by atoms with Gasteiger partial charge in [-0.2, -0.15) is 0 Å². The summed E-state index contributed by atoms with van der Waals surface area (Å²) in [4.78, 5) is 21.8. The van der Waals surface area contributed by atoms with Crippen molar-refractivity contribution in [1.82, 2.24) is 4.98 Å². The molecule has 0 bridgehead atoms. The van der Waals surface area contributed by atoms with Gasteiger partial charge >= 0.3 is 0 Å². The Kier molecular flexibility index (Phi) is 5.12. The predicted octanol–water partition coefficient (Wildman–Crippen LogP) is 5.52. The molecule has 8 heteroatoms. The molecule has 0 atom stereocenters. The number of anilines is 2. The fourth-order valence-electron chi connectivity index (χ4n) is 3.85. The number of amides is 1. The Hall–Kier alpha value is -2.96. The summed E-state index contributed by atoms with van der Waals surface area (Å²) in [6.45, 7) is 1.36. The molecule has 2 aliphatic rings. The Balaban J connectivity index is 1.48. The number of hydrogen-bond acceptors (Lipinski definition) is 5. The Morgan fingerprint density at radius 3 is 2.58 bits per heavy atom. The number of halogens is 2. The van der Waals surface area contributed by atoms with Crippen LogP contribution in [0.2, 0.25) is 10.0 Å². The van der Waals surface area contributed by atoms with Gasteiger partial charge in [0.2, 0.25) is 0 Å². The molecule has 1 amide bonds. The molecular weight excluding hydrogens is 437 g/mol. The van der Waals surface area contributed by atoms with E-state index in [1.165, 1.54) is 31.2 Å². The van der Waals surface area contributed by atoms with Gasteiger partial charge in [-0.3, -0.25) is 9.78 Å². The van der Waals surface area contributed by atoms with Crippen molar-refractivity contribution < 1.29 is 14.6 Å². The number of ether oxygens (including phenoxy) is 1. The monoisotopic (exact) mass is 455 g/mol. The van der Waals surface area contributed by atoms with Crippen LogP contribution in [0.15, 0.2) is 54.9 Å². The van der Waals surface area contributed by atoms with Crippen molar-refractivity contribution in [2.75, 3.05) is 22.9 Å². The molecule has 1 N–H and O–H groups in total. The summed E-state index contributed by atoms with van der Waals surface area (Å²) >= 11 is 12.2. The van der Waals surface area contributed by atoms with E-state index in [0.29, 0.717) is 23.9 Å². The molecule has 1 aliphatic heterocycles. The van der Waals surface area contributed by atoms with Crippen LogP contribution in [0.4, 0.5) is 11.4 Å². The molecule has 158 valence electrons. The first kappa shape index (κ1) is 20.0. The quantitative estimate of drug-likeness (QED) is 0.561. The van der Waals surface area contributed by atoms with Gasteiger partial charge in [0.15, 0.2) is 0 Å². The maximum atomic E-state index is 13.6. The Morgan fingerprint density at radius 2 is 1.81 bits per heavy atom. The maximum Gasteiger partial charge on any atom is 0.263 e. The normalized spacial score (nSPS) is 15.5. The zero-order valence-electron chi connectivity index (χ0n) is 16.5. The van der Waals surface area contributed by atoms with Crippen molar-refractivity contribution in [3.63, 3.8) is 0 Å². The van der Waals surface area contributed by atoms with Gasteiger partial charge in [-0.25, -0.2) is 0 Å². The van der Waals surface area contributed by atoms with E-state index in [1.807, 2.05) is 18.2 Å². The van der Waals surface area contributed by atoms with Crippen molar-refractivity contribution in [2.24, 2.45) is 0 Å². The zero-order valence-corrected chi connectivity index (χ0v) is 18.0. The molecule has 0 spiro atoms. The van der Waals surface area contributed by atoms with Crippen LogP contribution in [0.25, 0.3) is 0 Å². The third-order valence-corrected chi connectivity index (χ3v) is 6.11. The Bertz CT molecular complexity index is 1170. The van der Waals surface area contributed by atoms with E-state index in [2.05, 4.69) is 16.0 Å². The first-order valence-electron chi connectivity index (χ1n) is 10.0. The SMILES string of the molecule is O=C(c1cnccc1Oc1cc(Cl)c(O)cc1Cl)N1CCN(C2CC2)c2ccccc21. The number of fused-ring (bicyclic) bond motifs is 1. The molecular formula is C23H19Cl2N3O3. The third kappa shape index (κ3) is 3.77. The standard InChI is InChI=1S/C23H19Cl2N3O3/c24-16-12-22(17(25)11-20(16)29)31-21-7-8-26-13-15(21)23(30)28-10-9-27(14-5-6-14)18-3-1-2-4-19(18)28/h1-4,7-8,11-14,29H,5-6,9-10H2. The fourth-order valence-corrected chi connectivity index (χ4v) is 4.20. The smallest absolute Gasteiger partial charge is 0.263 e. The van der Waals surface area contributed by atoms with Crippen molar-refractivity contribution >= 4 is 40.5 Å². The molecule has 1 fully saturated rings. The minimum atomic E-state index is -0.202. The highest BCUT2D eigenvalue weighted by atomic mass is 35.5. The molecule has 31 heavy (non-hydrogen) atoms. The van der Waals surface area contributed by atoms with E-state index in [1.54, 1.807) is 17.2 Å². The number of aromatic hydroxyl groups is 1. The third-order valence-electron chi connectivity index (χ3n) is 5.51. The summed E-state index contributed by atoms with van der Waals surface area (Å²) in [6.07, 6.45) is 5.42. The fraction of sp³-hybridized carbons (Fsp3) is 0.217. The molecule has 1 saturated carbocycles. The Labute approximate surface area is 189 Å². The molecule has 1 aliphatic carbocycles. The molecule has 6 nitrogen and oxygen atoms in total. The van der Waals surface area contributed by atoms with Crippen LogP contribution in [0.5, 0.6) is 17.2 Å². The molecule has 3 aromatic rings. The van der Waals surface area contributed by atoms with Gasteiger partial charge in [-0.05, 0) is 31.0 Å². The van der Waals surface area contributed by atoms with Crippen LogP contribution in [0.3, 0.4) is 0 Å². The van der Waals surface area contributed by atoms with Crippen LogP contribution in [-0.2, 0) is 0 Å². The average molecular weight is 456 g/mol. The number of carbonyl (C=O) groups excluding carboxylic acids is 1. The van der Waals surface area contributed by atoms with Gasteiger partial charge in [-0.1, -0.05) is 35.3 Å². The van der Waals surface area contributed by atoms with Crippen molar-refractivity contribution in [2.45, 2.75) is 18.9 Å². The second-order valence-electron chi connectivity index (χ2n) is 7.58. The van der Waals surface area contributed by atoms with E-state index in [-0.39, 0.29) is 27.5 Å². The van der Waals surface area contributed by atoms with Crippen molar-refractivity contribution in [3.05, 3.63) is 70.5 Å². The molecule has 2 heterocycles. The molecule has 0 unspecified atom stereocenters. The zero-order chi connectivity index (χ0) is 21.5. The van der Waals surface area contributed by atoms with Crippen LogP contribution >= 0.6 is 23.2 Å². The van der Waals surface area contributed by atoms with E-state index in [4.69, 9.17) is 27.9 Å². The maximum absolute atomic E-state index is 13.6. The van der Waals surface area contributed by atoms with E-state index in [0.717, 1.165) is 17.9 Å². The average Bonchev–Trinajstić information content (AvgIpc) is 3.62. The van der Waals surface area contributed by atoms with E-state index in [9.17, 15) is 9.90 Å². The number of pyridine rings is 1. The molecule has 0 saturated heterocycles. The largest absolute Gasteiger partial charge is 0.506 e. The number of nitrogens with zero attached hydrogens (tertiary/aromatic N) is 3. The van der Waals surface area contributed by atoms with Gasteiger partial charge in [0.05, 0.1) is 21.4 Å². The van der Waals surface area contributed by atoms with E-state index < -0.39 is 0 Å². The van der Waals surface area contributed by atoms with Crippen LogP contribution in [0.1, 0.15) is 23.2 Å². The molecule has 1 aromatic heterocycles. The second-order valence-corrected chi connectivity index (χ2v) is 8.39. The lowest BCUT2D eigenvalue weighted by atomic mass is 10.1. The minimum absolute atomic E-state index is 0.103. The van der Waals surface area contributed by atoms with Gasteiger partial charge in [0.1, 0.15) is 22.8 Å². The number of benzene rings is 2. The lowest BCUT2D eigenvalue weighted by Gasteiger charge is -2.38.